The molecule has 1 amide bonds. The van der Waals surface area contributed by atoms with Crippen molar-refractivity contribution in [2.75, 3.05) is 19.8 Å². The highest BCUT2D eigenvalue weighted by Gasteiger charge is 2.13. The summed E-state index contributed by atoms with van der Waals surface area (Å²) in [5.41, 5.74) is 0.459. The van der Waals surface area contributed by atoms with Crippen LogP contribution in [0.15, 0.2) is 16.6 Å². The van der Waals surface area contributed by atoms with Crippen molar-refractivity contribution in [3.05, 3.63) is 22.2 Å². The molecule has 0 radical (unpaired) electrons. The minimum atomic E-state index is -0.207. The molecule has 6 heteroatoms. The van der Waals surface area contributed by atoms with Gasteiger partial charge in [0, 0.05) is 12.6 Å². The third kappa shape index (κ3) is 4.45. The van der Waals surface area contributed by atoms with E-state index in [2.05, 4.69) is 21.2 Å². The third-order valence-electron chi connectivity index (χ3n) is 2.16. The van der Waals surface area contributed by atoms with Crippen LogP contribution in [0.4, 0.5) is 0 Å². The summed E-state index contributed by atoms with van der Waals surface area (Å²) in [4.78, 5) is 11.4. The van der Waals surface area contributed by atoms with Gasteiger partial charge < -0.3 is 14.8 Å². The lowest BCUT2D eigenvalue weighted by Gasteiger charge is -2.13. The van der Waals surface area contributed by atoms with Crippen molar-refractivity contribution in [2.45, 2.75) is 13.8 Å². The van der Waals surface area contributed by atoms with E-state index in [9.17, 15) is 4.79 Å². The lowest BCUT2D eigenvalue weighted by atomic mass is 10.2. The van der Waals surface area contributed by atoms with Gasteiger partial charge in [0.1, 0.15) is 0 Å². The van der Waals surface area contributed by atoms with Crippen molar-refractivity contribution in [3.63, 3.8) is 0 Å². The fourth-order valence-corrected chi connectivity index (χ4v) is 1.98. The number of hydrogen-bond donors (Lipinski definition) is 1. The molecule has 0 saturated heterocycles. The van der Waals surface area contributed by atoms with E-state index in [1.165, 1.54) is 0 Å². The minimum absolute atomic E-state index is 0.0988. The number of nitrogens with one attached hydrogen (secondary N) is 1. The monoisotopic (exact) mass is 326 g/mol. The molecule has 0 unspecified atom stereocenters. The zero-order valence-corrected chi connectivity index (χ0v) is 12.4. The Kier molecular flexibility index (Phi) is 6.16. The summed E-state index contributed by atoms with van der Waals surface area (Å²) in [6.07, 6.45) is 0. The number of rotatable bonds is 6. The van der Waals surface area contributed by atoms with E-state index in [0.29, 0.717) is 34.7 Å². The number of benzene rings is 1. The largest absolute Gasteiger partial charge is 0.490 e. The second kappa shape index (κ2) is 7.64. The number of amides is 1. The number of halogens is 1. The van der Waals surface area contributed by atoms with Gasteiger partial charge in [-0.2, -0.15) is 5.26 Å². The Morgan fingerprint density at radius 3 is 2.74 bits per heavy atom. The first-order chi connectivity index (χ1) is 9.12. The molecule has 1 rings (SSSR count). The number of ether oxygens (including phenoxy) is 2. The molecule has 5 nitrogen and oxygen atoms in total. The summed E-state index contributed by atoms with van der Waals surface area (Å²) >= 11 is 3.31. The number of hydrogen-bond acceptors (Lipinski definition) is 4. The Balaban J connectivity index is 2.92. The Hall–Kier alpha value is -1.74. The van der Waals surface area contributed by atoms with Crippen molar-refractivity contribution in [2.24, 2.45) is 0 Å². The lowest BCUT2D eigenvalue weighted by Crippen LogP contribution is -2.28. The van der Waals surface area contributed by atoms with Gasteiger partial charge in [-0.05, 0) is 35.8 Å². The van der Waals surface area contributed by atoms with Crippen LogP contribution < -0.4 is 14.8 Å². The van der Waals surface area contributed by atoms with E-state index < -0.39 is 0 Å². The Morgan fingerprint density at radius 1 is 1.42 bits per heavy atom. The van der Waals surface area contributed by atoms with Gasteiger partial charge in [0.25, 0.3) is 5.91 Å². The van der Waals surface area contributed by atoms with Crippen LogP contribution in [0.25, 0.3) is 0 Å². The molecule has 0 aliphatic rings. The zero-order valence-electron chi connectivity index (χ0n) is 10.8. The Morgan fingerprint density at radius 2 is 2.16 bits per heavy atom. The molecule has 0 bridgehead atoms. The van der Waals surface area contributed by atoms with Crippen molar-refractivity contribution in [1.82, 2.24) is 5.32 Å². The van der Waals surface area contributed by atoms with Crippen LogP contribution in [0.5, 0.6) is 11.5 Å². The predicted octanol–water partition coefficient (Wildman–Crippen LogP) is 2.23. The number of nitriles is 1. The third-order valence-corrected chi connectivity index (χ3v) is 2.75. The number of carbonyl (C=O) groups is 1. The molecule has 0 saturated carbocycles. The van der Waals surface area contributed by atoms with Gasteiger partial charge in [-0.25, -0.2) is 0 Å². The van der Waals surface area contributed by atoms with E-state index in [1.807, 2.05) is 19.9 Å². The summed E-state index contributed by atoms with van der Waals surface area (Å²) in [5, 5.41) is 11.5. The molecule has 1 aromatic carbocycles. The fourth-order valence-electron chi connectivity index (χ4n) is 1.42. The SMILES string of the molecule is CCNC(=O)COc1c(Br)cc(C#N)cc1OCC. The fraction of sp³-hybridized carbons (Fsp3) is 0.385. The molecule has 1 N–H and O–H groups in total. The van der Waals surface area contributed by atoms with Gasteiger partial charge in [-0.1, -0.05) is 0 Å². The maximum Gasteiger partial charge on any atom is 0.257 e. The lowest BCUT2D eigenvalue weighted by molar-refractivity contribution is -0.123. The number of carbonyl (C=O) groups excluding carboxylic acids is 1. The molecular weight excluding hydrogens is 312 g/mol. The van der Waals surface area contributed by atoms with Crippen molar-refractivity contribution in [1.29, 1.82) is 5.26 Å². The molecule has 0 heterocycles. The first-order valence-corrected chi connectivity index (χ1v) is 6.67. The van der Waals surface area contributed by atoms with Gasteiger partial charge in [0.15, 0.2) is 18.1 Å². The maximum atomic E-state index is 11.4. The van der Waals surface area contributed by atoms with Gasteiger partial charge in [0.05, 0.1) is 22.7 Å². The topological polar surface area (TPSA) is 71.3 Å². The summed E-state index contributed by atoms with van der Waals surface area (Å²) < 4.78 is 11.4. The molecule has 0 aromatic heterocycles. The Labute approximate surface area is 120 Å². The average Bonchev–Trinajstić information content (AvgIpc) is 2.38. The maximum absolute atomic E-state index is 11.4. The summed E-state index contributed by atoms with van der Waals surface area (Å²) in [6.45, 7) is 4.56. The van der Waals surface area contributed by atoms with Gasteiger partial charge in [-0.15, -0.1) is 0 Å². The highest BCUT2D eigenvalue weighted by molar-refractivity contribution is 9.10. The van der Waals surface area contributed by atoms with E-state index >= 15 is 0 Å². The highest BCUT2D eigenvalue weighted by atomic mass is 79.9. The molecule has 0 atom stereocenters. The molecule has 0 fully saturated rings. The average molecular weight is 327 g/mol. The van der Waals surface area contributed by atoms with Crippen molar-refractivity contribution < 1.29 is 14.3 Å². The van der Waals surface area contributed by atoms with Crippen LogP contribution in [0.2, 0.25) is 0 Å². The molecule has 102 valence electrons. The van der Waals surface area contributed by atoms with Gasteiger partial charge in [0.2, 0.25) is 0 Å². The predicted molar refractivity (Wildman–Crippen MR) is 74.2 cm³/mol. The van der Waals surface area contributed by atoms with Crippen molar-refractivity contribution >= 4 is 21.8 Å². The molecule has 1 aromatic rings. The first-order valence-electron chi connectivity index (χ1n) is 5.88. The minimum Gasteiger partial charge on any atom is -0.490 e. The van der Waals surface area contributed by atoms with Crippen molar-refractivity contribution in [3.8, 4) is 17.6 Å². The number of likely N-dealkylation sites (N-methyl/N-ethyl adjacent to an activating group) is 1. The quantitative estimate of drug-likeness (QED) is 0.870. The highest BCUT2D eigenvalue weighted by Crippen LogP contribution is 2.36. The Bertz CT molecular complexity index is 497. The summed E-state index contributed by atoms with van der Waals surface area (Å²) in [5.74, 6) is 0.658. The van der Waals surface area contributed by atoms with Gasteiger partial charge >= 0.3 is 0 Å². The normalized spacial score (nSPS) is 9.58. The molecule has 0 spiro atoms. The molecular formula is C13H15BrN2O3. The second-order valence-corrected chi connectivity index (χ2v) is 4.43. The van der Waals surface area contributed by atoms with Crippen LogP contribution in [0.3, 0.4) is 0 Å². The molecule has 0 aliphatic heterocycles. The van der Waals surface area contributed by atoms with Gasteiger partial charge in [-0.3, -0.25) is 4.79 Å². The van der Waals surface area contributed by atoms with E-state index in [4.69, 9.17) is 14.7 Å². The van der Waals surface area contributed by atoms with Crippen LogP contribution >= 0.6 is 15.9 Å². The number of nitrogens with zero attached hydrogens (tertiary/aromatic N) is 1. The van der Waals surface area contributed by atoms with Crippen LogP contribution in [0, 0.1) is 11.3 Å². The first kappa shape index (κ1) is 15.3. The van der Waals surface area contributed by atoms with E-state index in [1.54, 1.807) is 12.1 Å². The standard InChI is InChI=1S/C13H15BrN2O3/c1-3-16-12(17)8-19-13-10(14)5-9(7-15)6-11(13)18-4-2/h5-6H,3-4,8H2,1-2H3,(H,16,17). The zero-order chi connectivity index (χ0) is 14.3. The van der Waals surface area contributed by atoms with Crippen LogP contribution in [-0.2, 0) is 4.79 Å². The summed E-state index contributed by atoms with van der Waals surface area (Å²) in [7, 11) is 0. The molecule has 0 aliphatic carbocycles. The second-order valence-electron chi connectivity index (χ2n) is 3.57. The summed E-state index contributed by atoms with van der Waals surface area (Å²) in [6, 6.07) is 5.24. The van der Waals surface area contributed by atoms with Crippen LogP contribution in [0.1, 0.15) is 19.4 Å². The van der Waals surface area contributed by atoms with E-state index in [0.717, 1.165) is 0 Å². The van der Waals surface area contributed by atoms with Crippen LogP contribution in [-0.4, -0.2) is 25.7 Å². The smallest absolute Gasteiger partial charge is 0.257 e. The molecule has 19 heavy (non-hydrogen) atoms. The van der Waals surface area contributed by atoms with E-state index in [-0.39, 0.29) is 12.5 Å².